The lowest BCUT2D eigenvalue weighted by atomic mass is 10.1. The number of anilines is 1. The van der Waals surface area contributed by atoms with E-state index in [1.165, 1.54) is 7.11 Å². The summed E-state index contributed by atoms with van der Waals surface area (Å²) in [6, 6.07) is 14.4. The molecule has 0 aliphatic heterocycles. The molecule has 2 rings (SSSR count). The van der Waals surface area contributed by atoms with E-state index in [0.717, 1.165) is 5.56 Å². The number of amides is 1. The Hall–Kier alpha value is -2.34. The van der Waals surface area contributed by atoms with E-state index < -0.39 is 12.1 Å². The van der Waals surface area contributed by atoms with Crippen molar-refractivity contribution in [3.63, 3.8) is 0 Å². The molecular weight excluding hydrogens is 362 g/mol. The second-order valence-electron chi connectivity index (χ2n) is 4.64. The van der Waals surface area contributed by atoms with E-state index in [4.69, 9.17) is 9.47 Å². The quantitative estimate of drug-likeness (QED) is 0.628. The Labute approximate surface area is 142 Å². The van der Waals surface area contributed by atoms with Gasteiger partial charge in [0.1, 0.15) is 6.61 Å². The maximum absolute atomic E-state index is 11.9. The van der Waals surface area contributed by atoms with Gasteiger partial charge in [-0.15, -0.1) is 0 Å². The number of hydrogen-bond donors (Lipinski definition) is 1. The average molecular weight is 378 g/mol. The van der Waals surface area contributed by atoms with Crippen LogP contribution in [0.25, 0.3) is 0 Å². The average Bonchev–Trinajstić information content (AvgIpc) is 2.60. The molecule has 0 atom stereocenters. The van der Waals surface area contributed by atoms with Gasteiger partial charge in [-0.25, -0.2) is 9.59 Å². The Bertz CT molecular complexity index is 688. The molecule has 0 aliphatic rings. The van der Waals surface area contributed by atoms with Crippen LogP contribution in [0.4, 0.5) is 10.5 Å². The Morgan fingerprint density at radius 3 is 2.48 bits per heavy atom. The molecule has 0 saturated heterocycles. The van der Waals surface area contributed by atoms with E-state index in [2.05, 4.69) is 21.2 Å². The fraction of sp³-hybridized carbons (Fsp3) is 0.176. The van der Waals surface area contributed by atoms with Crippen molar-refractivity contribution in [3.8, 4) is 0 Å². The summed E-state index contributed by atoms with van der Waals surface area (Å²) in [4.78, 5) is 23.7. The van der Waals surface area contributed by atoms with Crippen molar-refractivity contribution in [2.75, 3.05) is 12.4 Å². The summed E-state index contributed by atoms with van der Waals surface area (Å²) in [5, 5.41) is 3.05. The van der Waals surface area contributed by atoms with E-state index >= 15 is 0 Å². The number of carbonyl (C=O) groups is 2. The van der Waals surface area contributed by atoms with Crippen LogP contribution >= 0.6 is 15.9 Å². The van der Waals surface area contributed by atoms with Gasteiger partial charge in [-0.05, 0) is 17.7 Å². The van der Waals surface area contributed by atoms with E-state index in [0.29, 0.717) is 22.1 Å². The van der Waals surface area contributed by atoms with Crippen LogP contribution < -0.4 is 5.32 Å². The number of methoxy groups -OCH3 is 1. The molecule has 5 nitrogen and oxygen atoms in total. The number of nitrogens with one attached hydrogen (secondary N) is 1. The zero-order chi connectivity index (χ0) is 16.7. The van der Waals surface area contributed by atoms with Crippen LogP contribution in [0.1, 0.15) is 21.5 Å². The molecule has 120 valence electrons. The Morgan fingerprint density at radius 1 is 1.09 bits per heavy atom. The first-order valence-electron chi connectivity index (χ1n) is 6.89. The van der Waals surface area contributed by atoms with Crippen LogP contribution in [0, 0.1) is 0 Å². The van der Waals surface area contributed by atoms with Gasteiger partial charge in [0.2, 0.25) is 0 Å². The minimum Gasteiger partial charge on any atom is -0.465 e. The van der Waals surface area contributed by atoms with E-state index in [9.17, 15) is 9.59 Å². The summed E-state index contributed by atoms with van der Waals surface area (Å²) in [6.07, 6.45) is -0.585. The number of esters is 1. The molecule has 0 unspecified atom stereocenters. The minimum atomic E-state index is -0.585. The highest BCUT2D eigenvalue weighted by Crippen LogP contribution is 2.24. The lowest BCUT2D eigenvalue weighted by Crippen LogP contribution is -2.16. The van der Waals surface area contributed by atoms with Crippen LogP contribution in [0.15, 0.2) is 48.5 Å². The van der Waals surface area contributed by atoms with Crippen LogP contribution in [-0.4, -0.2) is 19.2 Å². The van der Waals surface area contributed by atoms with Crippen molar-refractivity contribution >= 4 is 33.7 Å². The molecule has 1 amide bonds. The predicted octanol–water partition coefficient (Wildman–Crippen LogP) is 4.12. The third-order valence-electron chi connectivity index (χ3n) is 3.16. The number of benzene rings is 2. The SMILES string of the molecule is COC(=O)c1cccc(NC(=O)OCc2ccccc2)c1CBr. The smallest absolute Gasteiger partial charge is 0.411 e. The molecule has 0 radical (unpaired) electrons. The third kappa shape index (κ3) is 4.56. The summed E-state index contributed by atoms with van der Waals surface area (Å²) < 4.78 is 9.92. The van der Waals surface area contributed by atoms with Gasteiger partial charge in [0, 0.05) is 16.6 Å². The van der Waals surface area contributed by atoms with Gasteiger partial charge in [-0.3, -0.25) is 5.32 Å². The minimum absolute atomic E-state index is 0.174. The lowest BCUT2D eigenvalue weighted by molar-refractivity contribution is 0.0599. The van der Waals surface area contributed by atoms with E-state index in [1.807, 2.05) is 30.3 Å². The van der Waals surface area contributed by atoms with Crippen LogP contribution in [0.2, 0.25) is 0 Å². The van der Waals surface area contributed by atoms with Crippen molar-refractivity contribution in [3.05, 3.63) is 65.2 Å². The number of rotatable bonds is 5. The molecule has 1 N–H and O–H groups in total. The van der Waals surface area contributed by atoms with Crippen LogP contribution in [-0.2, 0) is 21.4 Å². The summed E-state index contributed by atoms with van der Waals surface area (Å²) in [7, 11) is 1.31. The van der Waals surface area contributed by atoms with Gasteiger partial charge in [0.15, 0.2) is 0 Å². The van der Waals surface area contributed by atoms with Gasteiger partial charge in [0.25, 0.3) is 0 Å². The van der Waals surface area contributed by atoms with Crippen molar-refractivity contribution in [1.29, 1.82) is 0 Å². The van der Waals surface area contributed by atoms with E-state index in [1.54, 1.807) is 18.2 Å². The monoisotopic (exact) mass is 377 g/mol. The highest BCUT2D eigenvalue weighted by atomic mass is 79.9. The second-order valence-corrected chi connectivity index (χ2v) is 5.20. The van der Waals surface area contributed by atoms with Crippen LogP contribution in [0.5, 0.6) is 0 Å². The van der Waals surface area contributed by atoms with Gasteiger partial charge >= 0.3 is 12.1 Å². The highest BCUT2D eigenvalue weighted by molar-refractivity contribution is 9.08. The fourth-order valence-electron chi connectivity index (χ4n) is 2.02. The fourth-order valence-corrected chi connectivity index (χ4v) is 2.62. The lowest BCUT2D eigenvalue weighted by Gasteiger charge is -2.13. The summed E-state index contributed by atoms with van der Waals surface area (Å²) in [5.41, 5.74) is 2.43. The molecule has 2 aromatic carbocycles. The highest BCUT2D eigenvalue weighted by Gasteiger charge is 2.16. The van der Waals surface area contributed by atoms with Crippen LogP contribution in [0.3, 0.4) is 0 Å². The Balaban J connectivity index is 2.07. The maximum Gasteiger partial charge on any atom is 0.411 e. The Morgan fingerprint density at radius 2 is 1.83 bits per heavy atom. The maximum atomic E-state index is 11.9. The van der Waals surface area contributed by atoms with E-state index in [-0.39, 0.29) is 6.61 Å². The van der Waals surface area contributed by atoms with Crippen molar-refractivity contribution < 1.29 is 19.1 Å². The number of carbonyl (C=O) groups excluding carboxylic acids is 2. The number of halogens is 1. The standard InChI is InChI=1S/C17H16BrNO4/c1-22-16(20)13-8-5-9-15(14(13)10-18)19-17(21)23-11-12-6-3-2-4-7-12/h2-9H,10-11H2,1H3,(H,19,21). The Kier molecular flexibility index (Phi) is 6.17. The largest absolute Gasteiger partial charge is 0.465 e. The van der Waals surface area contributed by atoms with Gasteiger partial charge in [-0.2, -0.15) is 0 Å². The second kappa shape index (κ2) is 8.33. The first-order valence-corrected chi connectivity index (χ1v) is 8.01. The summed E-state index contributed by atoms with van der Waals surface area (Å²) >= 11 is 3.32. The molecular formula is C17H16BrNO4. The first-order chi connectivity index (χ1) is 11.2. The van der Waals surface area contributed by atoms with Gasteiger partial charge in [-0.1, -0.05) is 52.3 Å². The number of hydrogen-bond acceptors (Lipinski definition) is 4. The number of alkyl halides is 1. The summed E-state index contributed by atoms with van der Waals surface area (Å²) in [6.45, 7) is 0.174. The van der Waals surface area contributed by atoms with Crippen molar-refractivity contribution in [2.45, 2.75) is 11.9 Å². The third-order valence-corrected chi connectivity index (χ3v) is 3.73. The first kappa shape index (κ1) is 17.0. The molecule has 0 bridgehead atoms. The molecule has 23 heavy (non-hydrogen) atoms. The molecule has 6 heteroatoms. The molecule has 2 aromatic rings. The van der Waals surface area contributed by atoms with Crippen molar-refractivity contribution in [2.24, 2.45) is 0 Å². The molecule has 0 saturated carbocycles. The molecule has 0 spiro atoms. The molecule has 0 heterocycles. The van der Waals surface area contributed by atoms with Gasteiger partial charge in [0.05, 0.1) is 12.7 Å². The zero-order valence-corrected chi connectivity index (χ0v) is 14.1. The number of ether oxygens (including phenoxy) is 2. The van der Waals surface area contributed by atoms with Crippen molar-refractivity contribution in [1.82, 2.24) is 0 Å². The molecule has 0 fully saturated rings. The molecule has 0 aromatic heterocycles. The summed E-state index contributed by atoms with van der Waals surface area (Å²) in [5.74, 6) is -0.458. The topological polar surface area (TPSA) is 64.6 Å². The predicted molar refractivity (Wildman–Crippen MR) is 90.7 cm³/mol. The molecule has 0 aliphatic carbocycles. The van der Waals surface area contributed by atoms with Gasteiger partial charge < -0.3 is 9.47 Å². The normalized spacial score (nSPS) is 10.0. The zero-order valence-electron chi connectivity index (χ0n) is 12.5.